The minimum Gasteiger partial charge on any atom is -0.409 e. The molecule has 0 spiro atoms. The van der Waals surface area contributed by atoms with Gasteiger partial charge in [-0.25, -0.2) is 0 Å². The highest BCUT2D eigenvalue weighted by molar-refractivity contribution is 5.84. The molecule has 2 unspecified atom stereocenters. The summed E-state index contributed by atoms with van der Waals surface area (Å²) in [6.07, 6.45) is 3.57. The normalized spacial score (nSPS) is 24.9. The summed E-state index contributed by atoms with van der Waals surface area (Å²) < 4.78 is 5.15. The summed E-state index contributed by atoms with van der Waals surface area (Å²) in [7, 11) is 0. The van der Waals surface area contributed by atoms with Crippen LogP contribution in [0.3, 0.4) is 0 Å². The number of carbonyl (C=O) groups is 1. The standard InChI is InChI=1S/C11H21N3O3/c1-2-6-17-7-10(15)13-9-5-3-4-8(9)11(12)14-16/h8-9,16H,2-7H2,1H3,(H2,12,14)(H,13,15). The fraction of sp³-hybridized carbons (Fsp3) is 0.818. The van der Waals surface area contributed by atoms with E-state index < -0.39 is 0 Å². The molecule has 0 aromatic rings. The van der Waals surface area contributed by atoms with Gasteiger partial charge in [0.05, 0.1) is 0 Å². The summed E-state index contributed by atoms with van der Waals surface area (Å²) in [5.41, 5.74) is 5.58. The summed E-state index contributed by atoms with van der Waals surface area (Å²) in [4.78, 5) is 11.6. The topological polar surface area (TPSA) is 96.9 Å². The number of rotatable bonds is 6. The van der Waals surface area contributed by atoms with E-state index in [1.165, 1.54) is 0 Å². The van der Waals surface area contributed by atoms with Gasteiger partial charge in [0.2, 0.25) is 5.91 Å². The average molecular weight is 243 g/mol. The number of nitrogens with two attached hydrogens (primary N) is 1. The summed E-state index contributed by atoms with van der Waals surface area (Å²) >= 11 is 0. The Morgan fingerprint density at radius 2 is 2.35 bits per heavy atom. The van der Waals surface area contributed by atoms with Crippen molar-refractivity contribution in [3.63, 3.8) is 0 Å². The van der Waals surface area contributed by atoms with Crippen LogP contribution in [0.5, 0.6) is 0 Å². The molecule has 6 heteroatoms. The number of amidine groups is 1. The molecule has 1 amide bonds. The van der Waals surface area contributed by atoms with Gasteiger partial charge in [-0.3, -0.25) is 4.79 Å². The van der Waals surface area contributed by atoms with Crippen molar-refractivity contribution < 1.29 is 14.7 Å². The minimum absolute atomic E-state index is 0.0383. The van der Waals surface area contributed by atoms with Gasteiger partial charge in [0, 0.05) is 18.6 Å². The summed E-state index contributed by atoms with van der Waals surface area (Å²) in [6.45, 7) is 2.65. The van der Waals surface area contributed by atoms with Gasteiger partial charge < -0.3 is 21.0 Å². The van der Waals surface area contributed by atoms with Gasteiger partial charge in [-0.15, -0.1) is 0 Å². The Balaban J connectivity index is 2.37. The Bertz CT molecular complexity index is 281. The van der Waals surface area contributed by atoms with Gasteiger partial charge in [0.15, 0.2) is 0 Å². The zero-order valence-corrected chi connectivity index (χ0v) is 10.2. The lowest BCUT2D eigenvalue weighted by Crippen LogP contribution is -2.43. The van der Waals surface area contributed by atoms with Crippen LogP contribution in [0.15, 0.2) is 5.16 Å². The molecule has 1 aliphatic rings. The molecule has 1 fully saturated rings. The molecular weight excluding hydrogens is 222 g/mol. The van der Waals surface area contributed by atoms with E-state index >= 15 is 0 Å². The SMILES string of the molecule is CCCOCC(=O)NC1CCCC1C(N)=NO. The molecule has 2 atom stereocenters. The first-order chi connectivity index (χ1) is 8.19. The first kappa shape index (κ1) is 13.8. The maximum atomic E-state index is 11.6. The van der Waals surface area contributed by atoms with Crippen LogP contribution in [0, 0.1) is 5.92 Å². The molecule has 17 heavy (non-hydrogen) atoms. The lowest BCUT2D eigenvalue weighted by Gasteiger charge is -2.19. The third kappa shape index (κ3) is 4.22. The average Bonchev–Trinajstić information content (AvgIpc) is 2.76. The molecule has 0 heterocycles. The van der Waals surface area contributed by atoms with Crippen molar-refractivity contribution in [2.45, 2.75) is 38.6 Å². The van der Waals surface area contributed by atoms with Crippen molar-refractivity contribution in [1.29, 1.82) is 0 Å². The van der Waals surface area contributed by atoms with E-state index in [-0.39, 0.29) is 30.3 Å². The highest BCUT2D eigenvalue weighted by Crippen LogP contribution is 2.25. The number of oxime groups is 1. The van der Waals surface area contributed by atoms with E-state index in [0.717, 1.165) is 25.7 Å². The van der Waals surface area contributed by atoms with E-state index in [1.807, 2.05) is 6.92 Å². The van der Waals surface area contributed by atoms with Gasteiger partial charge in [-0.1, -0.05) is 18.5 Å². The fourth-order valence-corrected chi connectivity index (χ4v) is 2.12. The van der Waals surface area contributed by atoms with Gasteiger partial charge in [-0.05, 0) is 19.3 Å². The summed E-state index contributed by atoms with van der Waals surface area (Å²) in [5.74, 6) is -0.00140. The molecule has 0 aliphatic heterocycles. The van der Waals surface area contributed by atoms with Crippen LogP contribution in [-0.2, 0) is 9.53 Å². The molecule has 0 saturated heterocycles. The van der Waals surface area contributed by atoms with E-state index in [2.05, 4.69) is 10.5 Å². The third-order valence-corrected chi connectivity index (χ3v) is 2.94. The second-order valence-corrected chi connectivity index (χ2v) is 4.29. The lowest BCUT2D eigenvalue weighted by atomic mass is 10.0. The van der Waals surface area contributed by atoms with Crippen molar-refractivity contribution >= 4 is 11.7 Å². The molecule has 98 valence electrons. The molecule has 6 nitrogen and oxygen atoms in total. The van der Waals surface area contributed by atoms with Crippen molar-refractivity contribution in [3.05, 3.63) is 0 Å². The zero-order chi connectivity index (χ0) is 12.7. The number of hydrogen-bond acceptors (Lipinski definition) is 4. The predicted octanol–water partition coefficient (Wildman–Crippen LogP) is 0.444. The lowest BCUT2D eigenvalue weighted by molar-refractivity contribution is -0.126. The van der Waals surface area contributed by atoms with E-state index in [4.69, 9.17) is 15.7 Å². The van der Waals surface area contributed by atoms with Crippen LogP contribution in [0.4, 0.5) is 0 Å². The quantitative estimate of drug-likeness (QED) is 0.207. The number of ether oxygens (including phenoxy) is 1. The van der Waals surface area contributed by atoms with Gasteiger partial charge >= 0.3 is 0 Å². The number of nitrogens with one attached hydrogen (secondary N) is 1. The summed E-state index contributed by atoms with van der Waals surface area (Å²) in [5, 5.41) is 14.5. The Labute approximate surface area is 101 Å². The van der Waals surface area contributed by atoms with Crippen LogP contribution in [-0.4, -0.2) is 36.2 Å². The molecule has 1 aliphatic carbocycles. The molecule has 1 saturated carbocycles. The van der Waals surface area contributed by atoms with E-state index in [1.54, 1.807) is 0 Å². The predicted molar refractivity (Wildman–Crippen MR) is 63.8 cm³/mol. The highest BCUT2D eigenvalue weighted by atomic mass is 16.5. The van der Waals surface area contributed by atoms with Gasteiger partial charge in [-0.2, -0.15) is 0 Å². The van der Waals surface area contributed by atoms with Gasteiger partial charge in [0.25, 0.3) is 0 Å². The fourth-order valence-electron chi connectivity index (χ4n) is 2.12. The monoisotopic (exact) mass is 243 g/mol. The smallest absolute Gasteiger partial charge is 0.246 e. The van der Waals surface area contributed by atoms with Crippen molar-refractivity contribution in [3.8, 4) is 0 Å². The van der Waals surface area contributed by atoms with Crippen LogP contribution in [0.2, 0.25) is 0 Å². The number of carbonyl (C=O) groups excluding carboxylic acids is 1. The Kier molecular flexibility index (Phi) is 5.76. The van der Waals surface area contributed by atoms with Crippen molar-refractivity contribution in [1.82, 2.24) is 5.32 Å². The minimum atomic E-state index is -0.138. The Hall–Kier alpha value is -1.30. The first-order valence-electron chi connectivity index (χ1n) is 6.03. The molecular formula is C11H21N3O3. The van der Waals surface area contributed by atoms with E-state index in [9.17, 15) is 4.79 Å². The Morgan fingerprint density at radius 3 is 3.00 bits per heavy atom. The summed E-state index contributed by atoms with van der Waals surface area (Å²) in [6, 6.07) is -0.0383. The zero-order valence-electron chi connectivity index (χ0n) is 10.2. The largest absolute Gasteiger partial charge is 0.409 e. The number of hydrogen-bond donors (Lipinski definition) is 3. The third-order valence-electron chi connectivity index (χ3n) is 2.94. The molecule has 1 rings (SSSR count). The number of nitrogens with zero attached hydrogens (tertiary/aromatic N) is 1. The highest BCUT2D eigenvalue weighted by Gasteiger charge is 2.31. The van der Waals surface area contributed by atoms with Crippen molar-refractivity contribution in [2.75, 3.05) is 13.2 Å². The molecule has 0 aromatic carbocycles. The second kappa shape index (κ2) is 7.11. The molecule has 0 aromatic heterocycles. The Morgan fingerprint density at radius 1 is 1.59 bits per heavy atom. The number of amides is 1. The van der Waals surface area contributed by atoms with Crippen molar-refractivity contribution in [2.24, 2.45) is 16.8 Å². The van der Waals surface area contributed by atoms with Crippen LogP contribution >= 0.6 is 0 Å². The van der Waals surface area contributed by atoms with Crippen LogP contribution in [0.25, 0.3) is 0 Å². The molecule has 0 radical (unpaired) electrons. The molecule has 0 bridgehead atoms. The second-order valence-electron chi connectivity index (χ2n) is 4.29. The maximum Gasteiger partial charge on any atom is 0.246 e. The van der Waals surface area contributed by atoms with Crippen LogP contribution < -0.4 is 11.1 Å². The van der Waals surface area contributed by atoms with Crippen LogP contribution in [0.1, 0.15) is 32.6 Å². The maximum absolute atomic E-state index is 11.6. The van der Waals surface area contributed by atoms with E-state index in [0.29, 0.717) is 6.61 Å². The molecule has 4 N–H and O–H groups in total. The first-order valence-corrected chi connectivity index (χ1v) is 6.03. The van der Waals surface area contributed by atoms with Gasteiger partial charge in [0.1, 0.15) is 12.4 Å².